The second-order valence-electron chi connectivity index (χ2n) is 4.95. The van der Waals surface area contributed by atoms with Gasteiger partial charge in [-0.2, -0.15) is 5.10 Å². The predicted octanol–water partition coefficient (Wildman–Crippen LogP) is 3.64. The number of fused-ring (bicyclic) bond motifs is 1. The van der Waals surface area contributed by atoms with Crippen LogP contribution < -0.4 is 0 Å². The Morgan fingerprint density at radius 3 is 2.81 bits per heavy atom. The topological polar surface area (TPSA) is 38.0 Å². The summed E-state index contributed by atoms with van der Waals surface area (Å²) in [5, 5.41) is 15.7. The summed E-state index contributed by atoms with van der Waals surface area (Å²) >= 11 is 5.75. The lowest BCUT2D eigenvalue weighted by Crippen LogP contribution is -2.06. The first kappa shape index (κ1) is 14.0. The second-order valence-corrected chi connectivity index (χ2v) is 5.36. The van der Waals surface area contributed by atoms with E-state index in [4.69, 9.17) is 11.6 Å². The van der Waals surface area contributed by atoms with Gasteiger partial charge in [-0.1, -0.05) is 41.9 Å². The fourth-order valence-corrected chi connectivity index (χ4v) is 2.69. The molecule has 108 valence electrons. The SMILES string of the molecule is Cn1nc(CC(O)c2cccc(Cl)c2F)c2ccccc21. The van der Waals surface area contributed by atoms with Crippen molar-refractivity contribution in [2.24, 2.45) is 7.05 Å². The van der Waals surface area contributed by atoms with Crippen LogP contribution in [0.2, 0.25) is 5.02 Å². The Balaban J connectivity index is 1.97. The van der Waals surface area contributed by atoms with Crippen LogP contribution in [0.25, 0.3) is 10.9 Å². The summed E-state index contributed by atoms with van der Waals surface area (Å²) in [6.07, 6.45) is -0.750. The van der Waals surface area contributed by atoms with Crippen LogP contribution in [0.15, 0.2) is 42.5 Å². The molecule has 1 heterocycles. The summed E-state index contributed by atoms with van der Waals surface area (Å²) in [5.41, 5.74) is 1.91. The van der Waals surface area contributed by atoms with Gasteiger partial charge in [-0.05, 0) is 12.1 Å². The Kier molecular flexibility index (Phi) is 3.66. The molecule has 3 nitrogen and oxygen atoms in total. The summed E-state index contributed by atoms with van der Waals surface area (Å²) < 4.78 is 15.7. The van der Waals surface area contributed by atoms with Crippen LogP contribution in [0.3, 0.4) is 0 Å². The average molecular weight is 305 g/mol. The third-order valence-electron chi connectivity index (χ3n) is 3.56. The molecular weight excluding hydrogens is 291 g/mol. The Morgan fingerprint density at radius 2 is 2.00 bits per heavy atom. The lowest BCUT2D eigenvalue weighted by atomic mass is 10.0. The number of aliphatic hydroxyl groups excluding tert-OH is 1. The fourth-order valence-electron chi connectivity index (χ4n) is 2.51. The van der Waals surface area contributed by atoms with Gasteiger partial charge < -0.3 is 5.11 Å². The predicted molar refractivity (Wildman–Crippen MR) is 80.8 cm³/mol. The Bertz CT molecular complexity index is 800. The minimum absolute atomic E-state index is 0.0115. The van der Waals surface area contributed by atoms with Crippen molar-refractivity contribution in [3.05, 3.63) is 64.6 Å². The normalized spacial score (nSPS) is 12.8. The highest BCUT2D eigenvalue weighted by Crippen LogP contribution is 2.27. The van der Waals surface area contributed by atoms with Crippen molar-refractivity contribution >= 4 is 22.5 Å². The number of aryl methyl sites for hydroxylation is 1. The van der Waals surface area contributed by atoms with E-state index in [9.17, 15) is 9.50 Å². The molecule has 0 radical (unpaired) electrons. The van der Waals surface area contributed by atoms with Gasteiger partial charge in [0.2, 0.25) is 0 Å². The summed E-state index contributed by atoms with van der Waals surface area (Å²) in [5.74, 6) is -0.577. The Labute approximate surface area is 126 Å². The van der Waals surface area contributed by atoms with E-state index in [1.165, 1.54) is 12.1 Å². The number of benzene rings is 2. The van der Waals surface area contributed by atoms with Gasteiger partial charge in [0.15, 0.2) is 0 Å². The van der Waals surface area contributed by atoms with Crippen molar-refractivity contribution in [2.45, 2.75) is 12.5 Å². The van der Waals surface area contributed by atoms with Crippen LogP contribution in [-0.4, -0.2) is 14.9 Å². The van der Waals surface area contributed by atoms with Crippen molar-refractivity contribution in [3.63, 3.8) is 0 Å². The summed E-state index contributed by atoms with van der Waals surface area (Å²) in [6.45, 7) is 0. The van der Waals surface area contributed by atoms with Gasteiger partial charge in [0.05, 0.1) is 22.3 Å². The van der Waals surface area contributed by atoms with E-state index in [1.807, 2.05) is 31.3 Å². The van der Waals surface area contributed by atoms with Gasteiger partial charge in [-0.25, -0.2) is 4.39 Å². The first-order valence-electron chi connectivity index (χ1n) is 6.60. The molecule has 0 spiro atoms. The third-order valence-corrected chi connectivity index (χ3v) is 3.85. The molecule has 0 amide bonds. The molecule has 0 saturated carbocycles. The lowest BCUT2D eigenvalue weighted by Gasteiger charge is -2.11. The molecule has 1 N–H and O–H groups in total. The van der Waals surface area contributed by atoms with Gasteiger partial charge in [-0.3, -0.25) is 4.68 Å². The zero-order chi connectivity index (χ0) is 15.0. The van der Waals surface area contributed by atoms with E-state index < -0.39 is 11.9 Å². The van der Waals surface area contributed by atoms with Crippen LogP contribution >= 0.6 is 11.6 Å². The third kappa shape index (κ3) is 2.52. The van der Waals surface area contributed by atoms with Gasteiger partial charge in [0.1, 0.15) is 5.82 Å². The van der Waals surface area contributed by atoms with Crippen molar-refractivity contribution < 1.29 is 9.50 Å². The molecule has 1 atom stereocenters. The van der Waals surface area contributed by atoms with Gasteiger partial charge >= 0.3 is 0 Å². The molecule has 0 bridgehead atoms. The first-order chi connectivity index (χ1) is 10.1. The first-order valence-corrected chi connectivity index (χ1v) is 6.98. The van der Waals surface area contributed by atoms with E-state index in [0.29, 0.717) is 0 Å². The maximum atomic E-state index is 14.0. The largest absolute Gasteiger partial charge is 0.388 e. The summed E-state index contributed by atoms with van der Waals surface area (Å²) in [7, 11) is 1.85. The van der Waals surface area contributed by atoms with E-state index in [-0.39, 0.29) is 17.0 Å². The van der Waals surface area contributed by atoms with Crippen LogP contribution in [0, 0.1) is 5.82 Å². The van der Waals surface area contributed by atoms with E-state index >= 15 is 0 Å². The van der Waals surface area contributed by atoms with E-state index in [2.05, 4.69) is 5.10 Å². The maximum Gasteiger partial charge on any atom is 0.147 e. The van der Waals surface area contributed by atoms with Crippen molar-refractivity contribution in [1.29, 1.82) is 0 Å². The molecular formula is C16H14ClFN2O. The highest BCUT2D eigenvalue weighted by atomic mass is 35.5. The molecule has 0 fully saturated rings. The molecule has 2 aromatic carbocycles. The summed E-state index contributed by atoms with van der Waals surface area (Å²) in [4.78, 5) is 0. The van der Waals surface area contributed by atoms with Crippen molar-refractivity contribution in [1.82, 2.24) is 9.78 Å². The van der Waals surface area contributed by atoms with E-state index in [0.717, 1.165) is 16.6 Å². The highest BCUT2D eigenvalue weighted by molar-refractivity contribution is 6.30. The number of hydrogen-bond donors (Lipinski definition) is 1. The van der Waals surface area contributed by atoms with Gasteiger partial charge in [0.25, 0.3) is 0 Å². The minimum atomic E-state index is -0.984. The molecule has 0 aliphatic carbocycles. The van der Waals surface area contributed by atoms with Gasteiger partial charge in [0, 0.05) is 24.4 Å². The number of hydrogen-bond acceptors (Lipinski definition) is 2. The molecule has 0 aliphatic rings. The monoisotopic (exact) mass is 304 g/mol. The Morgan fingerprint density at radius 1 is 1.24 bits per heavy atom. The molecule has 0 saturated heterocycles. The number of para-hydroxylation sites is 1. The number of rotatable bonds is 3. The van der Waals surface area contributed by atoms with Gasteiger partial charge in [-0.15, -0.1) is 0 Å². The lowest BCUT2D eigenvalue weighted by molar-refractivity contribution is 0.172. The van der Waals surface area contributed by atoms with E-state index in [1.54, 1.807) is 10.7 Å². The second kappa shape index (κ2) is 5.47. The quantitative estimate of drug-likeness (QED) is 0.802. The molecule has 5 heteroatoms. The Hall–Kier alpha value is -1.91. The highest BCUT2D eigenvalue weighted by Gasteiger charge is 2.18. The molecule has 3 aromatic rings. The average Bonchev–Trinajstić information content (AvgIpc) is 2.79. The fraction of sp³-hybridized carbons (Fsp3) is 0.188. The number of nitrogens with zero attached hydrogens (tertiary/aromatic N) is 2. The molecule has 21 heavy (non-hydrogen) atoms. The molecule has 3 rings (SSSR count). The molecule has 1 unspecified atom stereocenters. The number of aromatic nitrogens is 2. The number of aliphatic hydroxyl groups is 1. The van der Waals surface area contributed by atoms with Crippen molar-refractivity contribution in [3.8, 4) is 0 Å². The van der Waals surface area contributed by atoms with Crippen LogP contribution in [-0.2, 0) is 13.5 Å². The van der Waals surface area contributed by atoms with Crippen LogP contribution in [0.5, 0.6) is 0 Å². The zero-order valence-electron chi connectivity index (χ0n) is 11.4. The molecule has 0 aliphatic heterocycles. The smallest absolute Gasteiger partial charge is 0.147 e. The standard InChI is InChI=1S/C16H14ClFN2O/c1-20-14-8-3-2-5-10(14)13(19-20)9-15(21)11-6-4-7-12(17)16(11)18/h2-8,15,21H,9H2,1H3. The van der Waals surface area contributed by atoms with Crippen LogP contribution in [0.4, 0.5) is 4.39 Å². The van der Waals surface area contributed by atoms with Crippen LogP contribution in [0.1, 0.15) is 17.4 Å². The number of halogens is 2. The maximum absolute atomic E-state index is 14.0. The zero-order valence-corrected chi connectivity index (χ0v) is 12.2. The minimum Gasteiger partial charge on any atom is -0.388 e. The summed E-state index contributed by atoms with van der Waals surface area (Å²) in [6, 6.07) is 12.4. The molecule has 1 aromatic heterocycles. The van der Waals surface area contributed by atoms with Crippen molar-refractivity contribution in [2.75, 3.05) is 0 Å².